The summed E-state index contributed by atoms with van der Waals surface area (Å²) < 4.78 is 24.2. The first-order chi connectivity index (χ1) is 9.61. The van der Waals surface area contributed by atoms with Crippen molar-refractivity contribution in [3.8, 4) is 11.5 Å². The van der Waals surface area contributed by atoms with E-state index >= 15 is 0 Å². The predicted molar refractivity (Wildman–Crippen MR) is 74.7 cm³/mol. The quantitative estimate of drug-likeness (QED) is 0.650. The molecule has 2 rings (SSSR count). The standard InChI is InChI=1S/C15H15FN2O2/c1-19-11-6-7-12(15(17)18)14(8-11)20-9-10-4-2-3-5-13(10)16/h2-8H,9H2,1H3,(H3,17,18). The summed E-state index contributed by atoms with van der Waals surface area (Å²) in [6.07, 6.45) is 0. The molecule has 3 N–H and O–H groups in total. The van der Waals surface area contributed by atoms with Crippen LogP contribution in [-0.2, 0) is 6.61 Å². The number of ether oxygens (including phenoxy) is 2. The topological polar surface area (TPSA) is 68.3 Å². The molecule has 2 aromatic carbocycles. The van der Waals surface area contributed by atoms with Gasteiger partial charge in [0.15, 0.2) is 0 Å². The Balaban J connectivity index is 2.24. The van der Waals surface area contributed by atoms with Gasteiger partial charge in [0.1, 0.15) is 29.8 Å². The third-order valence-corrected chi connectivity index (χ3v) is 2.82. The molecule has 5 heteroatoms. The third-order valence-electron chi connectivity index (χ3n) is 2.82. The molecule has 0 saturated carbocycles. The highest BCUT2D eigenvalue weighted by molar-refractivity contribution is 5.97. The van der Waals surface area contributed by atoms with Crippen molar-refractivity contribution in [3.63, 3.8) is 0 Å². The van der Waals surface area contributed by atoms with E-state index in [9.17, 15) is 4.39 Å². The van der Waals surface area contributed by atoms with Gasteiger partial charge in [-0.05, 0) is 18.2 Å². The lowest BCUT2D eigenvalue weighted by atomic mass is 10.1. The number of amidine groups is 1. The zero-order valence-corrected chi connectivity index (χ0v) is 11.0. The van der Waals surface area contributed by atoms with Gasteiger partial charge in [-0.3, -0.25) is 5.41 Å². The van der Waals surface area contributed by atoms with Gasteiger partial charge in [0.05, 0.1) is 12.7 Å². The van der Waals surface area contributed by atoms with Gasteiger partial charge in [0, 0.05) is 11.6 Å². The van der Waals surface area contributed by atoms with Crippen LogP contribution in [-0.4, -0.2) is 12.9 Å². The van der Waals surface area contributed by atoms with Crippen molar-refractivity contribution < 1.29 is 13.9 Å². The number of nitrogens with one attached hydrogen (secondary N) is 1. The minimum absolute atomic E-state index is 0.0557. The molecule has 0 aliphatic rings. The molecule has 0 radical (unpaired) electrons. The van der Waals surface area contributed by atoms with Crippen molar-refractivity contribution in [2.75, 3.05) is 7.11 Å². The first-order valence-electron chi connectivity index (χ1n) is 6.00. The number of hydrogen-bond donors (Lipinski definition) is 2. The number of nitrogen functional groups attached to an aromatic ring is 1. The molecule has 4 nitrogen and oxygen atoms in total. The fraction of sp³-hybridized carbons (Fsp3) is 0.133. The SMILES string of the molecule is COc1ccc(C(=N)N)c(OCc2ccccc2F)c1. The summed E-state index contributed by atoms with van der Waals surface area (Å²) in [7, 11) is 1.53. The molecule has 0 amide bonds. The number of halogens is 1. The Kier molecular flexibility index (Phi) is 4.20. The van der Waals surface area contributed by atoms with Crippen molar-refractivity contribution in [1.29, 1.82) is 5.41 Å². The molecule has 0 aromatic heterocycles. The number of benzene rings is 2. The lowest BCUT2D eigenvalue weighted by Gasteiger charge is -2.12. The maximum absolute atomic E-state index is 13.5. The van der Waals surface area contributed by atoms with Crippen LogP contribution in [0.4, 0.5) is 4.39 Å². The summed E-state index contributed by atoms with van der Waals surface area (Å²) in [5.41, 5.74) is 6.37. The Morgan fingerprint density at radius 1 is 1.25 bits per heavy atom. The van der Waals surface area contributed by atoms with Crippen molar-refractivity contribution in [2.45, 2.75) is 6.61 Å². The van der Waals surface area contributed by atoms with Gasteiger partial charge in [-0.15, -0.1) is 0 Å². The van der Waals surface area contributed by atoms with E-state index in [4.69, 9.17) is 20.6 Å². The second-order valence-corrected chi connectivity index (χ2v) is 4.16. The fourth-order valence-electron chi connectivity index (χ4n) is 1.74. The minimum atomic E-state index is -0.334. The van der Waals surface area contributed by atoms with E-state index in [0.29, 0.717) is 22.6 Å². The molecular weight excluding hydrogens is 259 g/mol. The molecule has 0 aliphatic heterocycles. The lowest BCUT2D eigenvalue weighted by Crippen LogP contribution is -2.13. The summed E-state index contributed by atoms with van der Waals surface area (Å²) in [5.74, 6) is 0.523. The van der Waals surface area contributed by atoms with E-state index in [-0.39, 0.29) is 18.3 Å². The maximum atomic E-state index is 13.5. The molecule has 0 saturated heterocycles. The number of methoxy groups -OCH3 is 1. The molecule has 0 unspecified atom stereocenters. The average molecular weight is 274 g/mol. The van der Waals surface area contributed by atoms with Crippen LogP contribution in [0.5, 0.6) is 11.5 Å². The second-order valence-electron chi connectivity index (χ2n) is 4.16. The Labute approximate surface area is 116 Å². The van der Waals surface area contributed by atoms with Crippen LogP contribution in [0.3, 0.4) is 0 Å². The van der Waals surface area contributed by atoms with Crippen molar-refractivity contribution in [1.82, 2.24) is 0 Å². The van der Waals surface area contributed by atoms with Crippen molar-refractivity contribution >= 4 is 5.84 Å². The van der Waals surface area contributed by atoms with E-state index in [1.54, 1.807) is 36.4 Å². The van der Waals surface area contributed by atoms with Gasteiger partial charge in [0.25, 0.3) is 0 Å². The molecule has 0 spiro atoms. The van der Waals surface area contributed by atoms with Gasteiger partial charge in [-0.1, -0.05) is 18.2 Å². The Hall–Kier alpha value is -2.56. The van der Waals surface area contributed by atoms with Gasteiger partial charge >= 0.3 is 0 Å². The summed E-state index contributed by atoms with van der Waals surface area (Å²) in [6, 6.07) is 11.3. The monoisotopic (exact) mass is 274 g/mol. The highest BCUT2D eigenvalue weighted by atomic mass is 19.1. The number of nitrogens with two attached hydrogens (primary N) is 1. The zero-order chi connectivity index (χ0) is 14.5. The van der Waals surface area contributed by atoms with E-state index in [1.165, 1.54) is 13.2 Å². The number of rotatable bonds is 5. The Bertz CT molecular complexity index is 629. The van der Waals surface area contributed by atoms with Crippen molar-refractivity contribution in [3.05, 3.63) is 59.4 Å². The van der Waals surface area contributed by atoms with E-state index in [0.717, 1.165) is 0 Å². The smallest absolute Gasteiger partial charge is 0.134 e. The van der Waals surface area contributed by atoms with Crippen LogP contribution in [0.2, 0.25) is 0 Å². The predicted octanol–water partition coefficient (Wildman–Crippen LogP) is 2.70. The van der Waals surface area contributed by atoms with Crippen molar-refractivity contribution in [2.24, 2.45) is 5.73 Å². The molecule has 104 valence electrons. The summed E-state index contributed by atoms with van der Waals surface area (Å²) in [4.78, 5) is 0. The summed E-state index contributed by atoms with van der Waals surface area (Å²) in [6.45, 7) is 0.0557. The van der Waals surface area contributed by atoms with Crippen LogP contribution in [0.1, 0.15) is 11.1 Å². The highest BCUT2D eigenvalue weighted by Gasteiger charge is 2.10. The van der Waals surface area contributed by atoms with E-state index in [1.807, 2.05) is 0 Å². The molecular formula is C15H15FN2O2. The molecule has 20 heavy (non-hydrogen) atoms. The van der Waals surface area contributed by atoms with E-state index in [2.05, 4.69) is 0 Å². The molecule has 0 fully saturated rings. The average Bonchev–Trinajstić information content (AvgIpc) is 2.46. The Morgan fingerprint density at radius 2 is 2.00 bits per heavy atom. The first-order valence-corrected chi connectivity index (χ1v) is 6.00. The highest BCUT2D eigenvalue weighted by Crippen LogP contribution is 2.25. The molecule has 0 heterocycles. The van der Waals surface area contributed by atoms with Crippen LogP contribution in [0.15, 0.2) is 42.5 Å². The van der Waals surface area contributed by atoms with Crippen LogP contribution >= 0.6 is 0 Å². The van der Waals surface area contributed by atoms with Gasteiger partial charge in [0.2, 0.25) is 0 Å². The van der Waals surface area contributed by atoms with Gasteiger partial charge in [-0.25, -0.2) is 4.39 Å². The minimum Gasteiger partial charge on any atom is -0.497 e. The normalized spacial score (nSPS) is 10.1. The molecule has 0 bridgehead atoms. The van der Waals surface area contributed by atoms with Crippen LogP contribution < -0.4 is 15.2 Å². The first kappa shape index (κ1) is 13.9. The molecule has 0 aliphatic carbocycles. The number of hydrogen-bond acceptors (Lipinski definition) is 3. The third kappa shape index (κ3) is 3.06. The van der Waals surface area contributed by atoms with Gasteiger partial charge in [-0.2, -0.15) is 0 Å². The molecule has 0 atom stereocenters. The summed E-state index contributed by atoms with van der Waals surface area (Å²) in [5, 5.41) is 7.51. The largest absolute Gasteiger partial charge is 0.497 e. The van der Waals surface area contributed by atoms with Crippen LogP contribution in [0.25, 0.3) is 0 Å². The van der Waals surface area contributed by atoms with Gasteiger partial charge < -0.3 is 15.2 Å². The molecule has 2 aromatic rings. The second kappa shape index (κ2) is 6.06. The van der Waals surface area contributed by atoms with Crippen LogP contribution in [0, 0.1) is 11.2 Å². The fourth-order valence-corrected chi connectivity index (χ4v) is 1.74. The lowest BCUT2D eigenvalue weighted by molar-refractivity contribution is 0.297. The summed E-state index contributed by atoms with van der Waals surface area (Å²) >= 11 is 0. The zero-order valence-electron chi connectivity index (χ0n) is 11.0. The van der Waals surface area contributed by atoms with E-state index < -0.39 is 0 Å². The Morgan fingerprint density at radius 3 is 2.65 bits per heavy atom. The maximum Gasteiger partial charge on any atom is 0.134 e.